The molecule has 2 nitrogen and oxygen atoms in total. The van der Waals surface area contributed by atoms with Crippen molar-refractivity contribution in [2.45, 2.75) is 13.8 Å². The van der Waals surface area contributed by atoms with E-state index in [0.717, 1.165) is 11.3 Å². The summed E-state index contributed by atoms with van der Waals surface area (Å²) in [5, 5.41) is 0.656. The Balaban J connectivity index is 2.57. The van der Waals surface area contributed by atoms with E-state index in [1.54, 1.807) is 12.1 Å². The monoisotopic (exact) mass is 244 g/mol. The molecule has 0 aliphatic carbocycles. The molecule has 0 aliphatic rings. The second-order valence-corrected chi connectivity index (χ2v) is 4.76. The zero-order valence-corrected chi connectivity index (χ0v) is 10.3. The lowest BCUT2D eigenvalue weighted by Crippen LogP contribution is -2.08. The summed E-state index contributed by atoms with van der Waals surface area (Å²) in [6.07, 6.45) is 0. The molecule has 0 unspecified atom stereocenters. The van der Waals surface area contributed by atoms with Gasteiger partial charge < -0.3 is 4.74 Å². The predicted octanol–water partition coefficient (Wildman–Crippen LogP) is 3.31. The number of carbonyl (C=O) groups is 1. The maximum Gasteiger partial charge on any atom is 0.226 e. The number of hydrogen-bond acceptors (Lipinski definition) is 3. The van der Waals surface area contributed by atoms with Crippen LogP contribution >= 0.6 is 23.4 Å². The molecule has 0 heterocycles. The van der Waals surface area contributed by atoms with Crippen LogP contribution in [0, 0.1) is 6.92 Å². The number of thioether (sulfide) groups is 1. The maximum atomic E-state index is 11.2. The van der Waals surface area contributed by atoms with Crippen molar-refractivity contribution < 1.29 is 9.53 Å². The summed E-state index contributed by atoms with van der Waals surface area (Å²) in [5.74, 6) is 1.45. The lowest BCUT2D eigenvalue weighted by molar-refractivity contribution is -0.112. The second kappa shape index (κ2) is 6.03. The van der Waals surface area contributed by atoms with Crippen molar-refractivity contribution in [3.63, 3.8) is 0 Å². The molecule has 1 aromatic carbocycles. The van der Waals surface area contributed by atoms with Crippen molar-refractivity contribution in [1.82, 2.24) is 0 Å². The molecule has 0 radical (unpaired) electrons. The minimum Gasteiger partial charge on any atom is -0.485 e. The summed E-state index contributed by atoms with van der Waals surface area (Å²) < 4.78 is 5.38. The first-order valence-corrected chi connectivity index (χ1v) is 6.04. The van der Waals surface area contributed by atoms with Crippen molar-refractivity contribution in [2.24, 2.45) is 0 Å². The van der Waals surface area contributed by atoms with Gasteiger partial charge in [0.15, 0.2) is 6.61 Å². The number of rotatable bonds is 4. The average Bonchev–Trinajstić information content (AvgIpc) is 2.20. The van der Waals surface area contributed by atoms with Crippen molar-refractivity contribution >= 4 is 28.5 Å². The van der Waals surface area contributed by atoms with Gasteiger partial charge in [-0.25, -0.2) is 0 Å². The molecule has 15 heavy (non-hydrogen) atoms. The molecule has 0 bridgehead atoms. The van der Waals surface area contributed by atoms with E-state index in [-0.39, 0.29) is 11.7 Å². The largest absolute Gasteiger partial charge is 0.485 e. The van der Waals surface area contributed by atoms with Gasteiger partial charge in [0.1, 0.15) is 5.75 Å². The van der Waals surface area contributed by atoms with Crippen molar-refractivity contribution in [3.05, 3.63) is 28.8 Å². The topological polar surface area (TPSA) is 26.3 Å². The molecule has 82 valence electrons. The Labute approximate surface area is 99.0 Å². The normalized spacial score (nSPS) is 10.1. The molecule has 1 rings (SSSR count). The number of halogens is 1. The SMILES string of the molecule is CCSC(=O)COc1cc(Cl)ccc1C. The zero-order valence-electron chi connectivity index (χ0n) is 8.75. The van der Waals surface area contributed by atoms with E-state index in [2.05, 4.69) is 0 Å². The van der Waals surface area contributed by atoms with Crippen LogP contribution in [0.15, 0.2) is 18.2 Å². The van der Waals surface area contributed by atoms with Crippen LogP contribution in [-0.2, 0) is 4.79 Å². The van der Waals surface area contributed by atoms with Gasteiger partial charge in [0.05, 0.1) is 0 Å². The standard InChI is InChI=1S/C11H13ClO2S/c1-3-15-11(13)7-14-10-6-9(12)5-4-8(10)2/h4-6H,3,7H2,1-2H3. The van der Waals surface area contributed by atoms with E-state index >= 15 is 0 Å². The van der Waals surface area contributed by atoms with Gasteiger partial charge in [0.2, 0.25) is 5.12 Å². The summed E-state index contributed by atoms with van der Waals surface area (Å²) in [5.41, 5.74) is 0.980. The minimum absolute atomic E-state index is 0.0388. The van der Waals surface area contributed by atoms with Crippen molar-refractivity contribution in [1.29, 1.82) is 0 Å². The smallest absolute Gasteiger partial charge is 0.226 e. The molecular formula is C11H13ClO2S. The highest BCUT2D eigenvalue weighted by molar-refractivity contribution is 8.13. The Bertz CT molecular complexity index is 352. The second-order valence-electron chi connectivity index (χ2n) is 3.00. The Hall–Kier alpha value is -0.670. The van der Waals surface area contributed by atoms with Crippen LogP contribution < -0.4 is 4.74 Å². The molecule has 4 heteroatoms. The van der Waals surface area contributed by atoms with Gasteiger partial charge in [-0.05, 0) is 30.4 Å². The first kappa shape index (κ1) is 12.4. The molecule has 0 aliphatic heterocycles. The van der Waals surface area contributed by atoms with E-state index in [1.807, 2.05) is 19.9 Å². The van der Waals surface area contributed by atoms with Crippen molar-refractivity contribution in [3.8, 4) is 5.75 Å². The van der Waals surface area contributed by atoms with Crippen LogP contribution in [0.5, 0.6) is 5.75 Å². The van der Waals surface area contributed by atoms with Gasteiger partial charge in [-0.3, -0.25) is 4.79 Å². The third-order valence-corrected chi connectivity index (χ3v) is 2.76. The molecule has 0 N–H and O–H groups in total. The summed E-state index contributed by atoms with van der Waals surface area (Å²) in [7, 11) is 0. The first-order valence-electron chi connectivity index (χ1n) is 4.68. The van der Waals surface area contributed by atoms with E-state index in [4.69, 9.17) is 16.3 Å². The van der Waals surface area contributed by atoms with E-state index in [0.29, 0.717) is 10.8 Å². The summed E-state index contributed by atoms with van der Waals surface area (Å²) >= 11 is 7.09. The van der Waals surface area contributed by atoms with Gasteiger partial charge in [-0.2, -0.15) is 0 Å². The molecular weight excluding hydrogens is 232 g/mol. The minimum atomic E-state index is 0.0388. The zero-order chi connectivity index (χ0) is 11.3. The number of aryl methyl sites for hydroxylation is 1. The fourth-order valence-electron chi connectivity index (χ4n) is 1.07. The van der Waals surface area contributed by atoms with Gasteiger partial charge in [-0.1, -0.05) is 36.4 Å². The fraction of sp³-hybridized carbons (Fsp3) is 0.364. The van der Waals surface area contributed by atoms with Crippen LogP contribution in [-0.4, -0.2) is 17.5 Å². The van der Waals surface area contributed by atoms with Gasteiger partial charge in [-0.15, -0.1) is 0 Å². The molecule has 0 atom stereocenters. The highest BCUT2D eigenvalue weighted by atomic mass is 35.5. The van der Waals surface area contributed by atoms with Gasteiger partial charge in [0, 0.05) is 5.02 Å². The maximum absolute atomic E-state index is 11.2. The molecule has 0 aromatic heterocycles. The van der Waals surface area contributed by atoms with E-state index < -0.39 is 0 Å². The highest BCUT2D eigenvalue weighted by Gasteiger charge is 2.05. The summed E-state index contributed by atoms with van der Waals surface area (Å²) in [4.78, 5) is 11.2. The Kier molecular flexibility index (Phi) is 4.99. The number of ether oxygens (including phenoxy) is 1. The van der Waals surface area contributed by atoms with Crippen molar-refractivity contribution in [2.75, 3.05) is 12.4 Å². The summed E-state index contributed by atoms with van der Waals surface area (Å²) in [6.45, 7) is 3.95. The number of benzene rings is 1. The van der Waals surface area contributed by atoms with E-state index in [9.17, 15) is 4.79 Å². The molecule has 0 saturated heterocycles. The molecule has 0 saturated carbocycles. The lowest BCUT2D eigenvalue weighted by atomic mass is 10.2. The molecule has 0 amide bonds. The number of hydrogen-bond donors (Lipinski definition) is 0. The van der Waals surface area contributed by atoms with Crippen LogP contribution in [0.25, 0.3) is 0 Å². The molecule has 1 aromatic rings. The van der Waals surface area contributed by atoms with Crippen LogP contribution in [0.2, 0.25) is 5.02 Å². The van der Waals surface area contributed by atoms with Crippen LogP contribution in [0.3, 0.4) is 0 Å². The Morgan fingerprint density at radius 2 is 2.27 bits per heavy atom. The number of carbonyl (C=O) groups excluding carboxylic acids is 1. The third-order valence-electron chi connectivity index (χ3n) is 1.80. The highest BCUT2D eigenvalue weighted by Crippen LogP contribution is 2.22. The van der Waals surface area contributed by atoms with Gasteiger partial charge in [0.25, 0.3) is 0 Å². The first-order chi connectivity index (χ1) is 7.13. The van der Waals surface area contributed by atoms with E-state index in [1.165, 1.54) is 11.8 Å². The average molecular weight is 245 g/mol. The third kappa shape index (κ3) is 4.14. The van der Waals surface area contributed by atoms with Gasteiger partial charge >= 0.3 is 0 Å². The predicted molar refractivity (Wildman–Crippen MR) is 64.8 cm³/mol. The summed E-state index contributed by atoms with van der Waals surface area (Å²) in [6, 6.07) is 5.39. The Morgan fingerprint density at radius 1 is 1.53 bits per heavy atom. The van der Waals surface area contributed by atoms with Crippen LogP contribution in [0.1, 0.15) is 12.5 Å². The lowest BCUT2D eigenvalue weighted by Gasteiger charge is -2.07. The Morgan fingerprint density at radius 3 is 2.93 bits per heavy atom. The molecule has 0 spiro atoms. The molecule has 0 fully saturated rings. The van der Waals surface area contributed by atoms with Crippen LogP contribution in [0.4, 0.5) is 0 Å². The quantitative estimate of drug-likeness (QED) is 0.813. The fourth-order valence-corrected chi connectivity index (χ4v) is 1.70.